The average Bonchev–Trinajstić information content (AvgIpc) is 2.17. The third-order valence-corrected chi connectivity index (χ3v) is 3.01. The third kappa shape index (κ3) is 2.22. The average molecular weight is 200 g/mol. The summed E-state index contributed by atoms with van der Waals surface area (Å²) in [6, 6.07) is 2.19. The second-order valence-corrected chi connectivity index (χ2v) is 3.99. The molecule has 1 saturated carbocycles. The number of hydrogen-bond donors (Lipinski definition) is 0. The van der Waals surface area contributed by atoms with E-state index in [0.717, 1.165) is 25.7 Å². The van der Waals surface area contributed by atoms with Crippen molar-refractivity contribution in [2.75, 3.05) is 5.88 Å². The van der Waals surface area contributed by atoms with E-state index in [1.807, 2.05) is 0 Å². The van der Waals surface area contributed by atoms with Crippen molar-refractivity contribution in [1.29, 1.82) is 5.26 Å². The predicted octanol–water partition coefficient (Wildman–Crippen LogP) is 2.66. The van der Waals surface area contributed by atoms with Crippen molar-refractivity contribution in [3.8, 4) is 6.07 Å². The van der Waals surface area contributed by atoms with Crippen LogP contribution in [0.4, 0.5) is 0 Å². The van der Waals surface area contributed by atoms with Crippen LogP contribution in [0, 0.1) is 16.7 Å². The van der Waals surface area contributed by atoms with Crippen molar-refractivity contribution in [2.45, 2.75) is 38.5 Å². The van der Waals surface area contributed by atoms with Gasteiger partial charge in [-0.2, -0.15) is 5.26 Å². The lowest BCUT2D eigenvalue weighted by Crippen LogP contribution is -2.32. The topological polar surface area (TPSA) is 40.9 Å². The van der Waals surface area contributed by atoms with Gasteiger partial charge in [-0.25, -0.2) is 0 Å². The van der Waals surface area contributed by atoms with E-state index in [2.05, 4.69) is 6.07 Å². The largest absolute Gasteiger partial charge is 0.298 e. The fourth-order valence-electron chi connectivity index (χ4n) is 1.90. The zero-order valence-electron chi connectivity index (χ0n) is 7.68. The molecule has 1 aliphatic rings. The van der Waals surface area contributed by atoms with Gasteiger partial charge in [0, 0.05) is 12.3 Å². The molecular weight excluding hydrogens is 186 g/mol. The fourth-order valence-corrected chi connectivity index (χ4v) is 2.03. The van der Waals surface area contributed by atoms with Gasteiger partial charge in [-0.05, 0) is 25.7 Å². The molecule has 13 heavy (non-hydrogen) atoms. The van der Waals surface area contributed by atoms with Crippen LogP contribution in [-0.2, 0) is 4.79 Å². The maximum absolute atomic E-state index is 11.6. The second kappa shape index (κ2) is 4.62. The van der Waals surface area contributed by atoms with E-state index in [1.54, 1.807) is 0 Å². The number of carbonyl (C=O) groups is 1. The summed E-state index contributed by atoms with van der Waals surface area (Å²) < 4.78 is 0. The molecule has 0 spiro atoms. The highest BCUT2D eigenvalue weighted by Gasteiger charge is 2.39. The summed E-state index contributed by atoms with van der Waals surface area (Å²) in [5, 5.41) is 9.02. The van der Waals surface area contributed by atoms with Crippen LogP contribution in [-0.4, -0.2) is 11.7 Å². The number of Topliss-reactive ketones (excluding diaryl/α,β-unsaturated/α-hetero) is 1. The first-order valence-electron chi connectivity index (χ1n) is 4.76. The van der Waals surface area contributed by atoms with Gasteiger partial charge in [0.25, 0.3) is 0 Å². The molecule has 1 unspecified atom stereocenters. The molecule has 0 saturated heterocycles. The number of alkyl halides is 1. The molecule has 2 nitrogen and oxygen atoms in total. The van der Waals surface area contributed by atoms with Gasteiger partial charge in [0.2, 0.25) is 0 Å². The molecule has 0 aromatic rings. The number of nitrogens with zero attached hydrogens (tertiary/aromatic N) is 1. The smallest absolute Gasteiger partial charge is 0.153 e. The number of hydrogen-bond acceptors (Lipinski definition) is 2. The van der Waals surface area contributed by atoms with Gasteiger partial charge in [-0.1, -0.05) is 6.42 Å². The van der Waals surface area contributed by atoms with Crippen LogP contribution < -0.4 is 0 Å². The summed E-state index contributed by atoms with van der Waals surface area (Å²) in [6.07, 6.45) is 4.67. The number of halogens is 1. The van der Waals surface area contributed by atoms with Crippen LogP contribution >= 0.6 is 11.6 Å². The zero-order chi connectivity index (χ0) is 9.73. The predicted molar refractivity (Wildman–Crippen MR) is 51.5 cm³/mol. The molecule has 1 rings (SSSR count). The van der Waals surface area contributed by atoms with Crippen LogP contribution in [0.2, 0.25) is 0 Å². The van der Waals surface area contributed by atoms with E-state index in [9.17, 15) is 4.79 Å². The van der Waals surface area contributed by atoms with E-state index in [-0.39, 0.29) is 5.78 Å². The third-order valence-electron chi connectivity index (χ3n) is 2.74. The summed E-state index contributed by atoms with van der Waals surface area (Å²) in [6.45, 7) is 0. The monoisotopic (exact) mass is 199 g/mol. The van der Waals surface area contributed by atoms with Crippen LogP contribution in [0.5, 0.6) is 0 Å². The van der Waals surface area contributed by atoms with Crippen molar-refractivity contribution in [2.24, 2.45) is 5.41 Å². The van der Waals surface area contributed by atoms with Crippen molar-refractivity contribution < 1.29 is 4.79 Å². The van der Waals surface area contributed by atoms with Crippen molar-refractivity contribution in [3.05, 3.63) is 0 Å². The molecule has 1 aliphatic carbocycles. The molecule has 0 aliphatic heterocycles. The van der Waals surface area contributed by atoms with Crippen molar-refractivity contribution in [1.82, 2.24) is 0 Å². The summed E-state index contributed by atoms with van der Waals surface area (Å²) in [4.78, 5) is 11.6. The minimum Gasteiger partial charge on any atom is -0.298 e. The second-order valence-electron chi connectivity index (χ2n) is 3.62. The molecule has 1 fully saturated rings. The molecule has 1 atom stereocenters. The first kappa shape index (κ1) is 10.5. The molecule has 0 N–H and O–H groups in total. The Hall–Kier alpha value is -0.550. The molecule has 72 valence electrons. The Labute approximate surface area is 83.9 Å². The van der Waals surface area contributed by atoms with Gasteiger partial charge in [0.05, 0.1) is 6.07 Å². The fraction of sp³-hybridized carbons (Fsp3) is 0.800. The van der Waals surface area contributed by atoms with Gasteiger partial charge in [0.15, 0.2) is 5.78 Å². The maximum Gasteiger partial charge on any atom is 0.153 e. The Morgan fingerprint density at radius 2 is 2.31 bits per heavy atom. The molecule has 0 aromatic heterocycles. The molecule has 0 aromatic carbocycles. The minimum absolute atomic E-state index is 0.131. The SMILES string of the molecule is N#CC1(CCCCl)CCCCC1=O. The lowest BCUT2D eigenvalue weighted by atomic mass is 9.71. The molecule has 3 heteroatoms. The lowest BCUT2D eigenvalue weighted by Gasteiger charge is -2.28. The van der Waals surface area contributed by atoms with Gasteiger partial charge >= 0.3 is 0 Å². The summed E-state index contributed by atoms with van der Waals surface area (Å²) in [5.41, 5.74) is -0.687. The van der Waals surface area contributed by atoms with Gasteiger partial charge in [-0.3, -0.25) is 4.79 Å². The Morgan fingerprint density at radius 3 is 2.85 bits per heavy atom. The molecule has 0 heterocycles. The zero-order valence-corrected chi connectivity index (χ0v) is 8.44. The van der Waals surface area contributed by atoms with E-state index in [4.69, 9.17) is 16.9 Å². The van der Waals surface area contributed by atoms with E-state index in [1.165, 1.54) is 0 Å². The number of ketones is 1. The molecule has 0 bridgehead atoms. The number of nitriles is 1. The lowest BCUT2D eigenvalue weighted by molar-refractivity contribution is -0.128. The van der Waals surface area contributed by atoms with Gasteiger partial charge < -0.3 is 0 Å². The van der Waals surface area contributed by atoms with Gasteiger partial charge in [0.1, 0.15) is 5.41 Å². The number of rotatable bonds is 3. The van der Waals surface area contributed by atoms with Gasteiger partial charge in [-0.15, -0.1) is 11.6 Å². The van der Waals surface area contributed by atoms with E-state index >= 15 is 0 Å². The van der Waals surface area contributed by atoms with Crippen LogP contribution in [0.3, 0.4) is 0 Å². The Balaban J connectivity index is 2.66. The van der Waals surface area contributed by atoms with E-state index in [0.29, 0.717) is 18.7 Å². The highest BCUT2D eigenvalue weighted by Crippen LogP contribution is 2.36. The first-order chi connectivity index (χ1) is 6.25. The standard InChI is InChI=1S/C10H14ClNO/c11-7-3-6-10(8-12)5-2-1-4-9(10)13/h1-7H2. The Kier molecular flexibility index (Phi) is 3.74. The highest BCUT2D eigenvalue weighted by atomic mass is 35.5. The van der Waals surface area contributed by atoms with Crippen LogP contribution in [0.25, 0.3) is 0 Å². The highest BCUT2D eigenvalue weighted by molar-refractivity contribution is 6.17. The quantitative estimate of drug-likeness (QED) is 0.656. The van der Waals surface area contributed by atoms with Crippen molar-refractivity contribution >= 4 is 17.4 Å². The Bertz CT molecular complexity index is 234. The number of carbonyl (C=O) groups excluding carboxylic acids is 1. The summed E-state index contributed by atoms with van der Waals surface area (Å²) in [7, 11) is 0. The maximum atomic E-state index is 11.6. The normalized spacial score (nSPS) is 28.5. The molecule has 0 amide bonds. The Morgan fingerprint density at radius 1 is 1.54 bits per heavy atom. The summed E-state index contributed by atoms with van der Waals surface area (Å²) >= 11 is 5.57. The van der Waals surface area contributed by atoms with Crippen molar-refractivity contribution in [3.63, 3.8) is 0 Å². The minimum atomic E-state index is -0.687. The first-order valence-corrected chi connectivity index (χ1v) is 5.29. The van der Waals surface area contributed by atoms with Crippen LogP contribution in [0.15, 0.2) is 0 Å². The summed E-state index contributed by atoms with van der Waals surface area (Å²) in [5.74, 6) is 0.669. The molecular formula is C10H14ClNO. The molecule has 0 radical (unpaired) electrons. The van der Waals surface area contributed by atoms with E-state index < -0.39 is 5.41 Å². The van der Waals surface area contributed by atoms with Crippen LogP contribution in [0.1, 0.15) is 38.5 Å².